The molecular weight excluding hydrogens is 234 g/mol. The molecule has 0 bridgehead atoms. The Kier molecular flexibility index (Phi) is 3.38. The summed E-state index contributed by atoms with van der Waals surface area (Å²) in [7, 11) is 0. The molecule has 0 radical (unpaired) electrons. The molecule has 2 aliphatic rings. The molecule has 6 nitrogen and oxygen atoms in total. The van der Waals surface area contributed by atoms with Crippen LogP contribution in [-0.2, 0) is 14.4 Å². The van der Waals surface area contributed by atoms with Gasteiger partial charge in [0.1, 0.15) is 13.1 Å². The Balaban J connectivity index is 2.18. The maximum absolute atomic E-state index is 12.6. The van der Waals surface area contributed by atoms with Crippen molar-refractivity contribution in [3.05, 3.63) is 0 Å². The number of hydrogen-bond acceptors (Lipinski definition) is 4. The third-order valence-corrected chi connectivity index (χ3v) is 3.95. The minimum Gasteiger partial charge on any atom is -0.324 e. The van der Waals surface area contributed by atoms with Crippen molar-refractivity contribution < 1.29 is 14.4 Å². The van der Waals surface area contributed by atoms with Crippen LogP contribution in [-0.4, -0.2) is 48.8 Å². The molecule has 1 unspecified atom stereocenters. The fourth-order valence-corrected chi connectivity index (χ4v) is 2.73. The molecule has 3 amide bonds. The maximum Gasteiger partial charge on any atom is 0.246 e. The van der Waals surface area contributed by atoms with Crippen LogP contribution in [0.25, 0.3) is 0 Å². The Morgan fingerprint density at radius 3 is 2.33 bits per heavy atom. The smallest absolute Gasteiger partial charge is 0.246 e. The quantitative estimate of drug-likeness (QED) is 0.626. The lowest BCUT2D eigenvalue weighted by Gasteiger charge is -2.37. The number of rotatable bonds is 2. The molecule has 0 aromatic rings. The number of nitrogens with one attached hydrogen (secondary N) is 2. The van der Waals surface area contributed by atoms with Gasteiger partial charge in [0.05, 0.1) is 5.41 Å². The van der Waals surface area contributed by atoms with Crippen molar-refractivity contribution in [1.82, 2.24) is 15.5 Å². The lowest BCUT2D eigenvalue weighted by molar-refractivity contribution is -0.152. The Morgan fingerprint density at radius 2 is 1.89 bits per heavy atom. The molecule has 0 spiro atoms. The van der Waals surface area contributed by atoms with Gasteiger partial charge in [0, 0.05) is 6.54 Å². The molecular formula is C12H19N3O3. The second kappa shape index (κ2) is 4.68. The van der Waals surface area contributed by atoms with Gasteiger partial charge in [0.2, 0.25) is 17.7 Å². The molecule has 2 rings (SSSR count). The molecule has 2 fully saturated rings. The summed E-state index contributed by atoms with van der Waals surface area (Å²) >= 11 is 0. The highest BCUT2D eigenvalue weighted by Gasteiger charge is 2.47. The van der Waals surface area contributed by atoms with E-state index in [1.54, 1.807) is 0 Å². The van der Waals surface area contributed by atoms with E-state index >= 15 is 0 Å². The second-order valence-electron chi connectivity index (χ2n) is 5.37. The van der Waals surface area contributed by atoms with Gasteiger partial charge >= 0.3 is 0 Å². The summed E-state index contributed by atoms with van der Waals surface area (Å²) in [5, 5.41) is 5.41. The molecule has 18 heavy (non-hydrogen) atoms. The summed E-state index contributed by atoms with van der Waals surface area (Å²) in [5.74, 6) is -0.695. The molecule has 2 aliphatic heterocycles. The van der Waals surface area contributed by atoms with Crippen molar-refractivity contribution >= 4 is 17.7 Å². The highest BCUT2D eigenvalue weighted by molar-refractivity contribution is 6.03. The van der Waals surface area contributed by atoms with Crippen LogP contribution in [0.3, 0.4) is 0 Å². The average molecular weight is 253 g/mol. The van der Waals surface area contributed by atoms with Gasteiger partial charge in [-0.1, -0.05) is 13.8 Å². The van der Waals surface area contributed by atoms with Crippen LogP contribution in [0, 0.1) is 11.3 Å². The first-order chi connectivity index (χ1) is 8.45. The largest absolute Gasteiger partial charge is 0.324 e. The molecule has 0 aromatic heterocycles. The summed E-state index contributed by atoms with van der Waals surface area (Å²) in [6.07, 6.45) is 0.760. The van der Waals surface area contributed by atoms with Gasteiger partial charge in [-0.2, -0.15) is 0 Å². The Labute approximate surface area is 106 Å². The average Bonchev–Trinajstić information content (AvgIpc) is 2.76. The number of amides is 3. The summed E-state index contributed by atoms with van der Waals surface area (Å²) in [6, 6.07) is 0. The monoisotopic (exact) mass is 253 g/mol. The van der Waals surface area contributed by atoms with E-state index in [1.165, 1.54) is 4.90 Å². The number of nitrogens with zero attached hydrogens (tertiary/aromatic N) is 1. The number of hydrogen-bond donors (Lipinski definition) is 2. The van der Waals surface area contributed by atoms with Gasteiger partial charge in [-0.3, -0.25) is 19.7 Å². The van der Waals surface area contributed by atoms with E-state index in [9.17, 15) is 14.4 Å². The van der Waals surface area contributed by atoms with Crippen molar-refractivity contribution in [1.29, 1.82) is 0 Å². The predicted molar refractivity (Wildman–Crippen MR) is 64.5 cm³/mol. The standard InChI is InChI=1S/C12H19N3O3/c1-8(2)12(3-4-13-7-12)11(18)15-5-9(16)14-10(17)6-15/h8,13H,3-7H2,1-2H3,(H,14,16,17). The normalized spacial score (nSPS) is 28.7. The van der Waals surface area contributed by atoms with E-state index in [0.717, 1.165) is 13.0 Å². The van der Waals surface area contributed by atoms with Crippen molar-refractivity contribution in [2.45, 2.75) is 20.3 Å². The lowest BCUT2D eigenvalue weighted by atomic mass is 9.75. The minimum absolute atomic E-state index is 0.0148. The number of carbonyl (C=O) groups excluding carboxylic acids is 3. The second-order valence-corrected chi connectivity index (χ2v) is 5.37. The van der Waals surface area contributed by atoms with Gasteiger partial charge in [0.15, 0.2) is 0 Å². The molecule has 0 aliphatic carbocycles. The van der Waals surface area contributed by atoms with Crippen molar-refractivity contribution in [3.8, 4) is 0 Å². The molecule has 2 N–H and O–H groups in total. The fourth-order valence-electron chi connectivity index (χ4n) is 2.73. The van der Waals surface area contributed by atoms with Crippen LogP contribution < -0.4 is 10.6 Å². The zero-order chi connectivity index (χ0) is 13.3. The van der Waals surface area contributed by atoms with Crippen LogP contribution in [0.4, 0.5) is 0 Å². The van der Waals surface area contributed by atoms with Crippen LogP contribution in [0.2, 0.25) is 0 Å². The molecule has 100 valence electrons. The Morgan fingerprint density at radius 1 is 1.28 bits per heavy atom. The van der Waals surface area contributed by atoms with Gasteiger partial charge in [-0.05, 0) is 18.9 Å². The first-order valence-electron chi connectivity index (χ1n) is 6.28. The van der Waals surface area contributed by atoms with Crippen molar-refractivity contribution in [3.63, 3.8) is 0 Å². The SMILES string of the molecule is CC(C)C1(C(=O)N2CC(=O)NC(=O)C2)CCNC1. The lowest BCUT2D eigenvalue weighted by Crippen LogP contribution is -2.58. The summed E-state index contributed by atoms with van der Waals surface area (Å²) < 4.78 is 0. The van der Waals surface area contributed by atoms with E-state index in [1.807, 2.05) is 13.8 Å². The number of carbonyl (C=O) groups is 3. The van der Waals surface area contributed by atoms with E-state index < -0.39 is 17.2 Å². The third kappa shape index (κ3) is 2.12. The summed E-state index contributed by atoms with van der Waals surface area (Å²) in [5.41, 5.74) is -0.474. The predicted octanol–water partition coefficient (Wildman–Crippen LogP) is -0.893. The molecule has 0 aromatic carbocycles. The highest BCUT2D eigenvalue weighted by Crippen LogP contribution is 2.36. The molecule has 2 saturated heterocycles. The zero-order valence-electron chi connectivity index (χ0n) is 10.8. The molecule has 0 saturated carbocycles. The Bertz CT molecular complexity index is 370. The van der Waals surface area contributed by atoms with Gasteiger partial charge in [0.25, 0.3) is 0 Å². The molecule has 2 heterocycles. The van der Waals surface area contributed by atoms with Crippen molar-refractivity contribution in [2.24, 2.45) is 11.3 Å². The summed E-state index contributed by atoms with van der Waals surface area (Å²) in [4.78, 5) is 36.7. The van der Waals surface area contributed by atoms with Crippen LogP contribution in [0.5, 0.6) is 0 Å². The highest BCUT2D eigenvalue weighted by atomic mass is 16.2. The fraction of sp³-hybridized carbons (Fsp3) is 0.750. The zero-order valence-corrected chi connectivity index (χ0v) is 10.8. The van der Waals surface area contributed by atoms with Crippen LogP contribution >= 0.6 is 0 Å². The van der Waals surface area contributed by atoms with Crippen LogP contribution in [0.15, 0.2) is 0 Å². The summed E-state index contributed by atoms with van der Waals surface area (Å²) in [6.45, 7) is 5.42. The maximum atomic E-state index is 12.6. The first kappa shape index (κ1) is 13.0. The third-order valence-electron chi connectivity index (χ3n) is 3.95. The van der Waals surface area contributed by atoms with Crippen molar-refractivity contribution in [2.75, 3.05) is 26.2 Å². The number of piperazine rings is 1. The van der Waals surface area contributed by atoms with E-state index in [0.29, 0.717) is 6.54 Å². The molecule has 6 heteroatoms. The first-order valence-corrected chi connectivity index (χ1v) is 6.28. The van der Waals surface area contributed by atoms with Gasteiger partial charge in [-0.25, -0.2) is 0 Å². The van der Waals surface area contributed by atoms with Crippen LogP contribution in [0.1, 0.15) is 20.3 Å². The van der Waals surface area contributed by atoms with E-state index in [4.69, 9.17) is 0 Å². The molecule has 1 atom stereocenters. The topological polar surface area (TPSA) is 78.5 Å². The van der Waals surface area contributed by atoms with E-state index in [-0.39, 0.29) is 24.9 Å². The van der Waals surface area contributed by atoms with E-state index in [2.05, 4.69) is 10.6 Å². The Hall–Kier alpha value is -1.43. The van der Waals surface area contributed by atoms with Gasteiger partial charge in [-0.15, -0.1) is 0 Å². The minimum atomic E-state index is -0.474. The number of imide groups is 1. The van der Waals surface area contributed by atoms with Gasteiger partial charge < -0.3 is 10.2 Å².